The Morgan fingerprint density at radius 3 is 2.34 bits per heavy atom. The zero-order chi connectivity index (χ0) is 20.9. The first-order chi connectivity index (χ1) is 14.2. The van der Waals surface area contributed by atoms with Crippen molar-refractivity contribution in [1.29, 1.82) is 0 Å². The molecule has 0 aromatic rings. The van der Waals surface area contributed by atoms with Gasteiger partial charge in [0.15, 0.2) is 0 Å². The lowest BCUT2D eigenvalue weighted by Gasteiger charge is -2.39. The van der Waals surface area contributed by atoms with E-state index in [1.54, 1.807) is 24.3 Å². The van der Waals surface area contributed by atoms with Crippen LogP contribution in [0.2, 0.25) is 0 Å². The summed E-state index contributed by atoms with van der Waals surface area (Å²) in [7, 11) is 0. The summed E-state index contributed by atoms with van der Waals surface area (Å²) in [4.78, 5) is 5.23. The fourth-order valence-electron chi connectivity index (χ4n) is 3.33. The Morgan fingerprint density at radius 2 is 1.62 bits per heavy atom. The molecular formula is C22H33NO6. The SMILES string of the molecule is C=CCOC[C@@H](OCC=C)[C@@H](OCC=C)[C@H](OCC=C)[C@@H]1CC2=NOC[C@H]2CO1. The summed E-state index contributed by atoms with van der Waals surface area (Å²) in [6, 6.07) is 0. The average molecular weight is 408 g/mol. The second kappa shape index (κ2) is 13.5. The summed E-state index contributed by atoms with van der Waals surface area (Å²) in [6.45, 7) is 17.8. The van der Waals surface area contributed by atoms with Crippen molar-refractivity contribution in [2.75, 3.05) is 46.2 Å². The predicted molar refractivity (Wildman–Crippen MR) is 112 cm³/mol. The second-order valence-corrected chi connectivity index (χ2v) is 6.81. The van der Waals surface area contributed by atoms with Gasteiger partial charge in [0.2, 0.25) is 0 Å². The van der Waals surface area contributed by atoms with E-state index >= 15 is 0 Å². The third-order valence-corrected chi connectivity index (χ3v) is 4.67. The van der Waals surface area contributed by atoms with E-state index in [9.17, 15) is 0 Å². The van der Waals surface area contributed by atoms with Gasteiger partial charge in [-0.05, 0) is 0 Å². The van der Waals surface area contributed by atoms with Crippen LogP contribution in [0.15, 0.2) is 55.8 Å². The largest absolute Gasteiger partial charge is 0.395 e. The average Bonchev–Trinajstić information content (AvgIpc) is 3.21. The van der Waals surface area contributed by atoms with Gasteiger partial charge in [0, 0.05) is 6.42 Å². The van der Waals surface area contributed by atoms with Crippen molar-refractivity contribution >= 4 is 5.71 Å². The highest BCUT2D eigenvalue weighted by Crippen LogP contribution is 2.28. The summed E-state index contributed by atoms with van der Waals surface area (Å²) in [5, 5.41) is 4.17. The van der Waals surface area contributed by atoms with E-state index in [1.807, 2.05) is 0 Å². The van der Waals surface area contributed by atoms with Gasteiger partial charge in [-0.3, -0.25) is 0 Å². The molecule has 2 rings (SSSR count). The first-order valence-electron chi connectivity index (χ1n) is 9.91. The van der Waals surface area contributed by atoms with Gasteiger partial charge in [-0.1, -0.05) is 29.5 Å². The molecule has 5 atom stereocenters. The van der Waals surface area contributed by atoms with Gasteiger partial charge >= 0.3 is 0 Å². The van der Waals surface area contributed by atoms with Crippen LogP contribution < -0.4 is 0 Å². The molecule has 0 bridgehead atoms. The van der Waals surface area contributed by atoms with Gasteiger partial charge < -0.3 is 28.5 Å². The number of oxime groups is 1. The molecule has 2 heterocycles. The molecule has 0 aromatic heterocycles. The lowest BCUT2D eigenvalue weighted by molar-refractivity contribution is -0.181. The van der Waals surface area contributed by atoms with Gasteiger partial charge in [-0.25, -0.2) is 0 Å². The van der Waals surface area contributed by atoms with E-state index < -0.39 is 18.3 Å². The van der Waals surface area contributed by atoms with Crippen LogP contribution in [0.1, 0.15) is 6.42 Å². The van der Waals surface area contributed by atoms with Gasteiger partial charge in [-0.15, -0.1) is 26.3 Å². The Hall–Kier alpha value is -1.77. The molecule has 1 fully saturated rings. The number of ether oxygens (including phenoxy) is 5. The number of fused-ring (bicyclic) bond motifs is 1. The smallest absolute Gasteiger partial charge is 0.127 e. The number of rotatable bonds is 16. The molecule has 0 saturated carbocycles. The van der Waals surface area contributed by atoms with Crippen molar-refractivity contribution in [3.8, 4) is 0 Å². The molecule has 2 aliphatic heterocycles. The van der Waals surface area contributed by atoms with Crippen molar-refractivity contribution in [2.24, 2.45) is 11.1 Å². The predicted octanol–water partition coefficient (Wildman–Crippen LogP) is 2.69. The van der Waals surface area contributed by atoms with Crippen LogP contribution >= 0.6 is 0 Å². The van der Waals surface area contributed by atoms with Gasteiger partial charge in [0.25, 0.3) is 0 Å². The van der Waals surface area contributed by atoms with Gasteiger partial charge in [0.1, 0.15) is 24.9 Å². The molecule has 29 heavy (non-hydrogen) atoms. The lowest BCUT2D eigenvalue weighted by Crippen LogP contribution is -2.53. The minimum absolute atomic E-state index is 0.211. The molecule has 0 unspecified atom stereocenters. The van der Waals surface area contributed by atoms with Crippen LogP contribution in [0.3, 0.4) is 0 Å². The molecular weight excluding hydrogens is 374 g/mol. The summed E-state index contributed by atoms with van der Waals surface area (Å²) in [5.41, 5.74) is 1.00. The van der Waals surface area contributed by atoms with E-state index in [4.69, 9.17) is 28.5 Å². The molecule has 7 heteroatoms. The van der Waals surface area contributed by atoms with Crippen molar-refractivity contribution < 1.29 is 28.5 Å². The lowest BCUT2D eigenvalue weighted by atomic mass is 9.91. The van der Waals surface area contributed by atoms with E-state index in [2.05, 4.69) is 31.5 Å². The second-order valence-electron chi connectivity index (χ2n) is 6.81. The maximum atomic E-state index is 6.13. The Bertz CT molecular complexity index is 564. The third kappa shape index (κ3) is 7.21. The fraction of sp³-hybridized carbons (Fsp3) is 0.591. The van der Waals surface area contributed by atoms with Crippen molar-refractivity contribution in [3.05, 3.63) is 50.6 Å². The van der Waals surface area contributed by atoms with E-state index in [-0.39, 0.29) is 12.0 Å². The van der Waals surface area contributed by atoms with Crippen LogP contribution in [0.5, 0.6) is 0 Å². The minimum Gasteiger partial charge on any atom is -0.395 e. The van der Waals surface area contributed by atoms with Gasteiger partial charge in [0.05, 0.1) is 57.4 Å². The van der Waals surface area contributed by atoms with Gasteiger partial charge in [-0.2, -0.15) is 0 Å². The summed E-state index contributed by atoms with van der Waals surface area (Å²) >= 11 is 0. The fourth-order valence-corrected chi connectivity index (χ4v) is 3.33. The molecule has 0 radical (unpaired) electrons. The van der Waals surface area contributed by atoms with Crippen molar-refractivity contribution in [1.82, 2.24) is 0 Å². The number of hydrogen-bond acceptors (Lipinski definition) is 7. The molecule has 0 aromatic carbocycles. The van der Waals surface area contributed by atoms with Crippen molar-refractivity contribution in [3.63, 3.8) is 0 Å². The monoisotopic (exact) mass is 407 g/mol. The highest BCUT2D eigenvalue weighted by molar-refractivity contribution is 5.88. The molecule has 1 saturated heterocycles. The van der Waals surface area contributed by atoms with Crippen molar-refractivity contribution in [2.45, 2.75) is 30.8 Å². The van der Waals surface area contributed by atoms with E-state index in [0.29, 0.717) is 52.7 Å². The Morgan fingerprint density at radius 1 is 0.931 bits per heavy atom. The maximum Gasteiger partial charge on any atom is 0.127 e. The minimum atomic E-state index is -0.456. The van der Waals surface area contributed by atoms with E-state index in [1.165, 1.54) is 0 Å². The van der Waals surface area contributed by atoms with Crippen LogP contribution in [0, 0.1) is 5.92 Å². The molecule has 0 N–H and O–H groups in total. The van der Waals surface area contributed by atoms with Crippen LogP contribution in [-0.2, 0) is 28.5 Å². The highest BCUT2D eigenvalue weighted by atomic mass is 16.6. The molecule has 7 nitrogen and oxygen atoms in total. The number of hydrogen-bond donors (Lipinski definition) is 0. The molecule has 2 aliphatic rings. The molecule has 0 spiro atoms. The summed E-state index contributed by atoms with van der Waals surface area (Å²) < 4.78 is 30.0. The Balaban J connectivity index is 2.21. The first kappa shape index (κ1) is 23.5. The van der Waals surface area contributed by atoms with Crippen LogP contribution in [-0.4, -0.2) is 76.4 Å². The highest BCUT2D eigenvalue weighted by Gasteiger charge is 2.42. The zero-order valence-corrected chi connectivity index (χ0v) is 17.1. The van der Waals surface area contributed by atoms with Crippen LogP contribution in [0.4, 0.5) is 0 Å². The molecule has 162 valence electrons. The molecule has 0 aliphatic carbocycles. The Labute approximate surface area is 173 Å². The maximum absolute atomic E-state index is 6.13. The normalized spacial score (nSPS) is 23.8. The topological polar surface area (TPSA) is 67.7 Å². The third-order valence-electron chi connectivity index (χ3n) is 4.67. The molecule has 0 amide bonds. The van der Waals surface area contributed by atoms with Crippen LogP contribution in [0.25, 0.3) is 0 Å². The standard InChI is InChI=1S/C22H33NO6/c1-5-9-24-16-20(25-10-6-2)22(27-12-8-4)21(26-11-7-3)19-13-18-17(14-28-19)15-29-23-18/h5-8,17,19-22H,1-4,9-16H2/t17-,19+,20-,21-,22-/m1/s1. The van der Waals surface area contributed by atoms with E-state index in [0.717, 1.165) is 5.71 Å². The quantitative estimate of drug-likeness (QED) is 0.289. The first-order valence-corrected chi connectivity index (χ1v) is 9.91. The summed E-state index contributed by atoms with van der Waals surface area (Å²) in [6.07, 6.45) is 5.87. The zero-order valence-electron chi connectivity index (χ0n) is 17.1. The summed E-state index contributed by atoms with van der Waals surface area (Å²) in [5.74, 6) is 0.211. The number of nitrogens with zero attached hydrogens (tertiary/aromatic N) is 1. The Kier molecular flexibility index (Phi) is 10.9.